The molecular weight excluding hydrogens is 356 g/mol. The van der Waals surface area contributed by atoms with Crippen LogP contribution in [0, 0.1) is 0 Å². The number of hydrogen-bond acceptors (Lipinski definition) is 3. The van der Waals surface area contributed by atoms with Crippen molar-refractivity contribution in [2.24, 2.45) is 0 Å². The number of benzene rings is 2. The van der Waals surface area contributed by atoms with Gasteiger partial charge in [-0.25, -0.2) is 0 Å². The van der Waals surface area contributed by atoms with Crippen LogP contribution in [-0.4, -0.2) is 12.4 Å². The monoisotopic (exact) mass is 370 g/mol. The van der Waals surface area contributed by atoms with Gasteiger partial charge in [-0.3, -0.25) is 4.79 Å². The molecule has 0 aromatic heterocycles. The zero-order valence-corrected chi connectivity index (χ0v) is 14.2. The van der Waals surface area contributed by atoms with E-state index >= 15 is 0 Å². The smallest absolute Gasteiger partial charge is 0.231 e. The number of rotatable bonds is 4. The van der Waals surface area contributed by atoms with Crippen molar-refractivity contribution in [3.63, 3.8) is 0 Å². The van der Waals surface area contributed by atoms with Gasteiger partial charge in [-0.05, 0) is 48.4 Å². The summed E-state index contributed by atoms with van der Waals surface area (Å²) < 4.78 is 12.2. The molecule has 3 rings (SSSR count). The predicted molar refractivity (Wildman–Crippen MR) is 93.8 cm³/mol. The van der Waals surface area contributed by atoms with Gasteiger partial charge < -0.3 is 9.47 Å². The Labute approximate surface area is 143 Å². The summed E-state index contributed by atoms with van der Waals surface area (Å²) in [6.07, 6.45) is 1.74. The van der Waals surface area contributed by atoms with Gasteiger partial charge in [-0.2, -0.15) is 0 Å². The highest BCUT2D eigenvalue weighted by molar-refractivity contribution is 9.10. The minimum atomic E-state index is -0.119. The Morgan fingerprint density at radius 2 is 2.13 bits per heavy atom. The Bertz CT molecular complexity index is 821. The fourth-order valence-corrected chi connectivity index (χ4v) is 2.63. The van der Waals surface area contributed by atoms with Crippen LogP contribution in [0.4, 0.5) is 0 Å². The van der Waals surface area contributed by atoms with E-state index in [1.54, 1.807) is 24.3 Å². The summed E-state index contributed by atoms with van der Waals surface area (Å²) in [5.74, 6) is 1.38. The first-order valence-electron chi connectivity index (χ1n) is 7.14. The second kappa shape index (κ2) is 6.42. The zero-order valence-electron chi connectivity index (χ0n) is 12.6. The third-order valence-electron chi connectivity index (χ3n) is 3.27. The molecule has 0 saturated heterocycles. The highest BCUT2D eigenvalue weighted by atomic mass is 79.9. The molecule has 0 amide bonds. The quantitative estimate of drug-likeness (QED) is 0.559. The van der Waals surface area contributed by atoms with Gasteiger partial charge in [0.15, 0.2) is 5.76 Å². The third-order valence-corrected chi connectivity index (χ3v) is 3.77. The van der Waals surface area contributed by atoms with Crippen LogP contribution in [0.25, 0.3) is 6.08 Å². The van der Waals surface area contributed by atoms with E-state index in [0.717, 1.165) is 15.6 Å². The maximum Gasteiger partial charge on any atom is 0.231 e. The standard InChI is InChI=1S/C19H15BrO3/c1-12(2)11-22-15-6-7-16-17(10-15)23-18(19(16)21)9-13-4-3-5-14(20)8-13/h3-10H,1,11H2,2H3/b18-9+. The average Bonchev–Trinajstić information content (AvgIpc) is 2.81. The average molecular weight is 371 g/mol. The number of ketones is 1. The summed E-state index contributed by atoms with van der Waals surface area (Å²) in [6, 6.07) is 12.9. The maximum absolute atomic E-state index is 12.4. The van der Waals surface area contributed by atoms with E-state index in [4.69, 9.17) is 9.47 Å². The molecule has 0 N–H and O–H groups in total. The molecule has 0 fully saturated rings. The van der Waals surface area contributed by atoms with E-state index in [9.17, 15) is 4.79 Å². The van der Waals surface area contributed by atoms with Crippen molar-refractivity contribution in [2.45, 2.75) is 6.92 Å². The number of hydrogen-bond donors (Lipinski definition) is 0. The fraction of sp³-hybridized carbons (Fsp3) is 0.105. The Kier molecular flexibility index (Phi) is 4.35. The zero-order chi connectivity index (χ0) is 16.4. The fourth-order valence-electron chi connectivity index (χ4n) is 2.21. The van der Waals surface area contributed by atoms with Gasteiger partial charge in [0.05, 0.1) is 5.56 Å². The van der Waals surface area contributed by atoms with Crippen molar-refractivity contribution in [1.82, 2.24) is 0 Å². The molecule has 0 saturated carbocycles. The van der Waals surface area contributed by atoms with Crippen molar-refractivity contribution >= 4 is 27.8 Å². The van der Waals surface area contributed by atoms with Crippen LogP contribution >= 0.6 is 15.9 Å². The van der Waals surface area contributed by atoms with Gasteiger partial charge in [0.1, 0.15) is 18.1 Å². The maximum atomic E-state index is 12.4. The molecule has 0 atom stereocenters. The van der Waals surface area contributed by atoms with Crippen LogP contribution in [0.2, 0.25) is 0 Å². The highest BCUT2D eigenvalue weighted by Crippen LogP contribution is 2.35. The minimum absolute atomic E-state index is 0.119. The summed E-state index contributed by atoms with van der Waals surface area (Å²) in [6.45, 7) is 6.13. The molecule has 4 heteroatoms. The SMILES string of the molecule is C=C(C)COc1ccc2c(c1)O/C(=C/c1cccc(Br)c1)C2=O. The summed E-state index contributed by atoms with van der Waals surface area (Å²) in [7, 11) is 0. The first-order chi connectivity index (χ1) is 11.0. The van der Waals surface area contributed by atoms with E-state index in [2.05, 4.69) is 22.5 Å². The van der Waals surface area contributed by atoms with Crippen LogP contribution in [0.3, 0.4) is 0 Å². The van der Waals surface area contributed by atoms with Crippen LogP contribution in [0.15, 0.2) is 64.8 Å². The molecule has 2 aromatic carbocycles. The lowest BCUT2D eigenvalue weighted by molar-refractivity contribution is 0.101. The molecule has 0 bridgehead atoms. The Morgan fingerprint density at radius 3 is 2.87 bits per heavy atom. The largest absolute Gasteiger partial charge is 0.489 e. The Balaban J connectivity index is 1.85. The van der Waals surface area contributed by atoms with Crippen molar-refractivity contribution in [3.8, 4) is 11.5 Å². The van der Waals surface area contributed by atoms with Crippen LogP contribution < -0.4 is 9.47 Å². The molecule has 0 radical (unpaired) electrons. The second-order valence-corrected chi connectivity index (χ2v) is 6.31. The second-order valence-electron chi connectivity index (χ2n) is 5.40. The first-order valence-corrected chi connectivity index (χ1v) is 7.93. The van der Waals surface area contributed by atoms with Gasteiger partial charge in [0.25, 0.3) is 0 Å². The van der Waals surface area contributed by atoms with E-state index in [1.165, 1.54) is 0 Å². The lowest BCUT2D eigenvalue weighted by atomic mass is 10.1. The summed E-state index contributed by atoms with van der Waals surface area (Å²) in [5.41, 5.74) is 2.38. The molecule has 1 heterocycles. The molecule has 1 aliphatic rings. The number of Topliss-reactive ketones (excluding diaryl/α,β-unsaturated/α-hetero) is 1. The highest BCUT2D eigenvalue weighted by Gasteiger charge is 2.27. The van der Waals surface area contributed by atoms with Gasteiger partial charge in [-0.15, -0.1) is 0 Å². The minimum Gasteiger partial charge on any atom is -0.489 e. The van der Waals surface area contributed by atoms with E-state index < -0.39 is 0 Å². The van der Waals surface area contributed by atoms with E-state index in [1.807, 2.05) is 31.2 Å². The molecule has 116 valence electrons. The molecule has 0 aliphatic carbocycles. The van der Waals surface area contributed by atoms with Crippen molar-refractivity contribution in [1.29, 1.82) is 0 Å². The van der Waals surface area contributed by atoms with Crippen LogP contribution in [-0.2, 0) is 0 Å². The molecule has 0 unspecified atom stereocenters. The number of halogens is 1. The lowest BCUT2D eigenvalue weighted by Gasteiger charge is -2.06. The summed E-state index contributed by atoms with van der Waals surface area (Å²) >= 11 is 3.41. The third kappa shape index (κ3) is 3.54. The number of allylic oxidation sites excluding steroid dienone is 1. The van der Waals surface area contributed by atoms with Gasteiger partial charge in [0, 0.05) is 10.5 Å². The van der Waals surface area contributed by atoms with Gasteiger partial charge in [-0.1, -0.05) is 34.6 Å². The van der Waals surface area contributed by atoms with Gasteiger partial charge in [0.2, 0.25) is 5.78 Å². The molecule has 23 heavy (non-hydrogen) atoms. The number of carbonyl (C=O) groups is 1. The van der Waals surface area contributed by atoms with Crippen LogP contribution in [0.5, 0.6) is 11.5 Å². The van der Waals surface area contributed by atoms with Gasteiger partial charge >= 0.3 is 0 Å². The molecule has 2 aromatic rings. The molecule has 3 nitrogen and oxygen atoms in total. The van der Waals surface area contributed by atoms with E-state index in [0.29, 0.717) is 29.4 Å². The Hall–Kier alpha value is -2.33. The number of ether oxygens (including phenoxy) is 2. The predicted octanol–water partition coefficient (Wildman–Crippen LogP) is 5.02. The van der Waals surface area contributed by atoms with Crippen molar-refractivity contribution in [2.75, 3.05) is 6.61 Å². The van der Waals surface area contributed by atoms with E-state index in [-0.39, 0.29) is 5.78 Å². The summed E-state index contributed by atoms with van der Waals surface area (Å²) in [5, 5.41) is 0. The van der Waals surface area contributed by atoms with Crippen LogP contribution in [0.1, 0.15) is 22.8 Å². The number of carbonyl (C=O) groups excluding carboxylic acids is 1. The lowest BCUT2D eigenvalue weighted by Crippen LogP contribution is -1.98. The molecule has 0 spiro atoms. The topological polar surface area (TPSA) is 35.5 Å². The summed E-state index contributed by atoms with van der Waals surface area (Å²) in [4.78, 5) is 12.4. The van der Waals surface area contributed by atoms with Crippen molar-refractivity contribution in [3.05, 3.63) is 76.0 Å². The van der Waals surface area contributed by atoms with Crippen molar-refractivity contribution < 1.29 is 14.3 Å². The normalized spacial score (nSPS) is 14.5. The first kappa shape index (κ1) is 15.6. The Morgan fingerprint density at radius 1 is 1.30 bits per heavy atom. The molecular formula is C19H15BrO3. The molecule has 1 aliphatic heterocycles. The number of fused-ring (bicyclic) bond motifs is 1.